The van der Waals surface area contributed by atoms with Crippen molar-refractivity contribution < 1.29 is 9.26 Å². The van der Waals surface area contributed by atoms with Crippen LogP contribution in [0, 0.1) is 13.8 Å². The fraction of sp³-hybridized carbons (Fsp3) is 0.400. The number of halogens is 1. The molecule has 20 heavy (non-hydrogen) atoms. The van der Waals surface area contributed by atoms with Gasteiger partial charge >= 0.3 is 0 Å². The summed E-state index contributed by atoms with van der Waals surface area (Å²) in [7, 11) is 0. The Bertz CT molecular complexity index is 562. The van der Waals surface area contributed by atoms with Crippen LogP contribution in [-0.2, 0) is 13.2 Å². The zero-order valence-electron chi connectivity index (χ0n) is 12.0. The summed E-state index contributed by atoms with van der Waals surface area (Å²) in [5.74, 6) is 1.63. The maximum atomic E-state index is 5.84. The van der Waals surface area contributed by atoms with E-state index in [0.717, 1.165) is 40.3 Å². The van der Waals surface area contributed by atoms with Gasteiger partial charge in [0.15, 0.2) is 0 Å². The number of hydrogen-bond donors (Lipinski definition) is 1. The Kier molecular flexibility index (Phi) is 5.20. The quantitative estimate of drug-likeness (QED) is 0.871. The number of rotatable bonds is 6. The van der Waals surface area contributed by atoms with Crippen LogP contribution in [0.25, 0.3) is 0 Å². The average Bonchev–Trinajstić information content (AvgIpc) is 2.75. The Balaban J connectivity index is 2.03. The number of aromatic nitrogens is 1. The molecule has 2 rings (SSSR count). The van der Waals surface area contributed by atoms with Crippen molar-refractivity contribution >= 4 is 15.9 Å². The van der Waals surface area contributed by atoms with Crippen LogP contribution >= 0.6 is 15.9 Å². The molecule has 1 aromatic carbocycles. The van der Waals surface area contributed by atoms with E-state index < -0.39 is 0 Å². The van der Waals surface area contributed by atoms with Crippen molar-refractivity contribution in [3.05, 3.63) is 45.3 Å². The van der Waals surface area contributed by atoms with Crippen molar-refractivity contribution in [1.82, 2.24) is 10.5 Å². The van der Waals surface area contributed by atoms with E-state index in [1.807, 2.05) is 19.9 Å². The van der Waals surface area contributed by atoms with E-state index in [0.29, 0.717) is 6.61 Å². The van der Waals surface area contributed by atoms with E-state index in [2.05, 4.69) is 45.5 Å². The van der Waals surface area contributed by atoms with E-state index in [1.165, 1.54) is 5.56 Å². The van der Waals surface area contributed by atoms with E-state index >= 15 is 0 Å². The van der Waals surface area contributed by atoms with Gasteiger partial charge in [0.2, 0.25) is 0 Å². The van der Waals surface area contributed by atoms with Crippen LogP contribution in [0.5, 0.6) is 5.75 Å². The molecule has 5 heteroatoms. The number of benzene rings is 1. The first kappa shape index (κ1) is 15.1. The largest absolute Gasteiger partial charge is 0.488 e. The molecule has 1 aromatic heterocycles. The van der Waals surface area contributed by atoms with Crippen molar-refractivity contribution in [2.75, 3.05) is 6.54 Å². The molecule has 0 atom stereocenters. The van der Waals surface area contributed by atoms with Gasteiger partial charge in [0, 0.05) is 6.54 Å². The van der Waals surface area contributed by atoms with Gasteiger partial charge < -0.3 is 14.6 Å². The number of ether oxygens (including phenoxy) is 1. The van der Waals surface area contributed by atoms with Gasteiger partial charge in [0.1, 0.15) is 18.1 Å². The smallest absolute Gasteiger partial charge is 0.140 e. The summed E-state index contributed by atoms with van der Waals surface area (Å²) >= 11 is 3.55. The molecule has 0 unspecified atom stereocenters. The molecule has 0 spiro atoms. The van der Waals surface area contributed by atoms with Gasteiger partial charge in [0.25, 0.3) is 0 Å². The van der Waals surface area contributed by atoms with Crippen LogP contribution in [0.4, 0.5) is 0 Å². The normalized spacial score (nSPS) is 10.8. The molecule has 0 aliphatic rings. The van der Waals surface area contributed by atoms with Gasteiger partial charge in [0.05, 0.1) is 15.7 Å². The summed E-state index contributed by atoms with van der Waals surface area (Å²) in [5, 5.41) is 7.22. The first-order chi connectivity index (χ1) is 9.61. The second kappa shape index (κ2) is 6.90. The molecule has 0 saturated carbocycles. The van der Waals surface area contributed by atoms with Gasteiger partial charge in [-0.2, -0.15) is 0 Å². The minimum atomic E-state index is 0.465. The third-order valence-electron chi connectivity index (χ3n) is 3.13. The monoisotopic (exact) mass is 338 g/mol. The second-order valence-corrected chi connectivity index (χ2v) is 5.49. The molecule has 0 radical (unpaired) electrons. The SMILES string of the molecule is CCNCc1ccc(OCc2c(C)noc2C)c(Br)c1. The van der Waals surface area contributed by atoms with Crippen LogP contribution in [0.1, 0.15) is 29.5 Å². The van der Waals surface area contributed by atoms with Crippen LogP contribution in [0.2, 0.25) is 0 Å². The summed E-state index contributed by atoms with van der Waals surface area (Å²) < 4.78 is 11.9. The van der Waals surface area contributed by atoms with Crippen LogP contribution in [-0.4, -0.2) is 11.7 Å². The summed E-state index contributed by atoms with van der Waals surface area (Å²) in [6.45, 7) is 8.20. The van der Waals surface area contributed by atoms with E-state index in [1.54, 1.807) is 0 Å². The minimum Gasteiger partial charge on any atom is -0.488 e. The Morgan fingerprint density at radius 2 is 2.15 bits per heavy atom. The number of nitrogens with zero attached hydrogens (tertiary/aromatic N) is 1. The van der Waals surface area contributed by atoms with Gasteiger partial charge in [-0.15, -0.1) is 0 Å². The summed E-state index contributed by atoms with van der Waals surface area (Å²) in [5.41, 5.74) is 3.11. The highest BCUT2D eigenvalue weighted by Gasteiger charge is 2.10. The van der Waals surface area contributed by atoms with Crippen molar-refractivity contribution in [2.24, 2.45) is 0 Å². The Hall–Kier alpha value is -1.33. The van der Waals surface area contributed by atoms with E-state index in [9.17, 15) is 0 Å². The standard InChI is InChI=1S/C15H19BrN2O2/c1-4-17-8-12-5-6-15(14(16)7-12)19-9-13-10(2)18-20-11(13)3/h5-7,17H,4,8-9H2,1-3H3. The highest BCUT2D eigenvalue weighted by molar-refractivity contribution is 9.10. The molecular weight excluding hydrogens is 320 g/mol. The summed E-state index contributed by atoms with van der Waals surface area (Å²) in [4.78, 5) is 0. The predicted octanol–water partition coefficient (Wildman–Crippen LogP) is 3.74. The lowest BCUT2D eigenvalue weighted by molar-refractivity contribution is 0.299. The predicted molar refractivity (Wildman–Crippen MR) is 81.8 cm³/mol. The maximum absolute atomic E-state index is 5.84. The van der Waals surface area contributed by atoms with E-state index in [4.69, 9.17) is 9.26 Å². The molecule has 0 saturated heterocycles. The van der Waals surface area contributed by atoms with Crippen molar-refractivity contribution in [3.63, 3.8) is 0 Å². The molecule has 108 valence electrons. The molecular formula is C15H19BrN2O2. The zero-order chi connectivity index (χ0) is 14.5. The highest BCUT2D eigenvalue weighted by Crippen LogP contribution is 2.27. The summed E-state index contributed by atoms with van der Waals surface area (Å²) in [6.07, 6.45) is 0. The van der Waals surface area contributed by atoms with E-state index in [-0.39, 0.29) is 0 Å². The molecule has 1 N–H and O–H groups in total. The van der Waals surface area contributed by atoms with Crippen LogP contribution < -0.4 is 10.1 Å². The minimum absolute atomic E-state index is 0.465. The Morgan fingerprint density at radius 3 is 2.75 bits per heavy atom. The van der Waals surface area contributed by atoms with Crippen molar-refractivity contribution in [1.29, 1.82) is 0 Å². The molecule has 1 heterocycles. The maximum Gasteiger partial charge on any atom is 0.140 e. The number of aryl methyl sites for hydroxylation is 2. The average molecular weight is 339 g/mol. The van der Waals surface area contributed by atoms with Crippen LogP contribution in [0.3, 0.4) is 0 Å². The Morgan fingerprint density at radius 1 is 1.35 bits per heavy atom. The lowest BCUT2D eigenvalue weighted by Crippen LogP contribution is -2.11. The number of hydrogen-bond acceptors (Lipinski definition) is 4. The fourth-order valence-corrected chi connectivity index (χ4v) is 2.44. The number of nitrogens with one attached hydrogen (secondary N) is 1. The van der Waals surface area contributed by atoms with Gasteiger partial charge in [-0.05, 0) is 54.0 Å². The first-order valence-corrected chi connectivity index (χ1v) is 7.44. The fourth-order valence-electron chi connectivity index (χ4n) is 1.90. The molecule has 0 bridgehead atoms. The Labute approximate surface area is 127 Å². The van der Waals surface area contributed by atoms with Gasteiger partial charge in [-0.25, -0.2) is 0 Å². The topological polar surface area (TPSA) is 47.3 Å². The lowest BCUT2D eigenvalue weighted by Gasteiger charge is -2.10. The molecule has 0 amide bonds. The molecule has 4 nitrogen and oxygen atoms in total. The zero-order valence-corrected chi connectivity index (χ0v) is 13.6. The third-order valence-corrected chi connectivity index (χ3v) is 3.75. The van der Waals surface area contributed by atoms with Gasteiger partial charge in [-0.3, -0.25) is 0 Å². The third kappa shape index (κ3) is 3.61. The van der Waals surface area contributed by atoms with Gasteiger partial charge in [-0.1, -0.05) is 18.1 Å². The second-order valence-electron chi connectivity index (χ2n) is 4.64. The first-order valence-electron chi connectivity index (χ1n) is 6.65. The summed E-state index contributed by atoms with van der Waals surface area (Å²) in [6, 6.07) is 6.12. The lowest BCUT2D eigenvalue weighted by atomic mass is 10.2. The molecule has 0 aliphatic carbocycles. The van der Waals surface area contributed by atoms with Crippen molar-refractivity contribution in [3.8, 4) is 5.75 Å². The molecule has 2 aromatic rings. The van der Waals surface area contributed by atoms with Crippen molar-refractivity contribution in [2.45, 2.75) is 33.9 Å². The van der Waals surface area contributed by atoms with Crippen LogP contribution in [0.15, 0.2) is 27.2 Å². The molecule has 0 fully saturated rings. The highest BCUT2D eigenvalue weighted by atomic mass is 79.9. The molecule has 0 aliphatic heterocycles.